The Morgan fingerprint density at radius 3 is 1.88 bits per heavy atom. The van der Waals surface area contributed by atoms with Crippen molar-refractivity contribution in [3.63, 3.8) is 0 Å². The summed E-state index contributed by atoms with van der Waals surface area (Å²) in [5, 5.41) is 3.92. The molecule has 1 unspecified atom stereocenters. The molecule has 166 valence electrons. The smallest absolute Gasteiger partial charge is 0.142 e. The van der Waals surface area contributed by atoms with Crippen LogP contribution in [0, 0.1) is 0 Å². The van der Waals surface area contributed by atoms with Crippen molar-refractivity contribution < 1.29 is 6.11 Å². The fraction of sp³-hybridized carbons (Fsp3) is 0.172. The Bertz CT molecular complexity index is 1140. The van der Waals surface area contributed by atoms with E-state index in [0.29, 0.717) is 6.54 Å². The van der Waals surface area contributed by atoms with E-state index in [2.05, 4.69) is 106 Å². The number of halogens is 1. The van der Waals surface area contributed by atoms with Crippen molar-refractivity contribution in [2.75, 3.05) is 25.1 Å². The van der Waals surface area contributed by atoms with Crippen LogP contribution in [0.1, 0.15) is 18.1 Å². The lowest BCUT2D eigenvalue weighted by Gasteiger charge is -2.40. The van der Waals surface area contributed by atoms with E-state index in [1.165, 1.54) is 0 Å². The number of benzene rings is 4. The molecule has 4 heteroatoms. The first kappa shape index (κ1) is 20.5. The van der Waals surface area contributed by atoms with Crippen molar-refractivity contribution in [3.05, 3.63) is 130 Å². The van der Waals surface area contributed by atoms with Gasteiger partial charge in [0.1, 0.15) is 12.3 Å². The van der Waals surface area contributed by atoms with Gasteiger partial charge in [-0.05, 0) is 34.9 Å². The minimum Gasteiger partial charge on any atom is -0.490 e. The molecule has 0 saturated carbocycles. The molecule has 1 N–H and O–H groups in total. The van der Waals surface area contributed by atoms with Crippen LogP contribution in [0.25, 0.3) is 0 Å². The molecule has 1 aliphatic heterocycles. The summed E-state index contributed by atoms with van der Waals surface area (Å²) in [5.41, 5.74) is 3.67. The quantitative estimate of drug-likeness (QED) is 0.329. The molecule has 4 aromatic rings. The van der Waals surface area contributed by atoms with Gasteiger partial charge in [-0.2, -0.15) is 0 Å². The van der Waals surface area contributed by atoms with Gasteiger partial charge in [-0.25, -0.2) is 0 Å². The number of nitrogens with one attached hydrogen (secondary N) is 1. The molecule has 2 atom stereocenters. The average molecular weight is 500 g/mol. The third-order valence-electron chi connectivity index (χ3n) is 6.18. The summed E-state index contributed by atoms with van der Waals surface area (Å²) in [4.78, 5) is 2.16. The van der Waals surface area contributed by atoms with Crippen LogP contribution in [0.2, 0.25) is 0 Å². The first-order valence-corrected chi connectivity index (χ1v) is 11.9. The van der Waals surface area contributed by atoms with Gasteiger partial charge in [0, 0.05) is 18.1 Å². The lowest BCUT2D eigenvalue weighted by molar-refractivity contribution is 0.252. The van der Waals surface area contributed by atoms with E-state index in [1.54, 1.807) is 0 Å². The maximum absolute atomic E-state index is 8.99. The second-order valence-electron chi connectivity index (χ2n) is 8.35. The summed E-state index contributed by atoms with van der Waals surface area (Å²) in [6, 6.07) is 37.1. The molecule has 0 fully saturated rings. The van der Waals surface area contributed by atoms with E-state index in [9.17, 15) is 0 Å². The Kier molecular flexibility index (Phi) is 5.86. The molecule has 3 nitrogen and oxygen atoms in total. The molecule has 4 aromatic carbocycles. The molecule has 1 heterocycles. The van der Waals surface area contributed by atoms with Crippen molar-refractivity contribution >= 4 is 21.6 Å². The summed E-state index contributed by atoms with van der Waals surface area (Å²) in [7, 11) is 2.05. The Balaban J connectivity index is 1.65. The normalized spacial score (nSPS) is 18.6. The van der Waals surface area contributed by atoms with Crippen LogP contribution in [-0.2, 0) is 5.54 Å². The van der Waals surface area contributed by atoms with Crippen molar-refractivity contribution in [1.29, 1.82) is 0 Å². The zero-order valence-electron chi connectivity index (χ0n) is 19.5. The number of ether oxygens (including phenoxy) is 1. The molecule has 0 bridgehead atoms. The molecule has 0 saturated heterocycles. The number of likely N-dealkylation sites (N-methyl/N-ethyl adjacent to an activating group) is 1. The van der Waals surface area contributed by atoms with Gasteiger partial charge in [0.15, 0.2) is 0 Å². The molecule has 1 aliphatic rings. The molecule has 0 aromatic heterocycles. The highest BCUT2D eigenvalue weighted by Crippen LogP contribution is 2.38. The molecule has 0 aliphatic carbocycles. The number of hydrogen-bond acceptors (Lipinski definition) is 3. The van der Waals surface area contributed by atoms with E-state index in [-0.39, 0.29) is 6.04 Å². The van der Waals surface area contributed by atoms with E-state index in [4.69, 9.17) is 6.11 Å². The minimum absolute atomic E-state index is 0.281. The lowest BCUT2D eigenvalue weighted by Crippen LogP contribution is -2.54. The number of hydrogen-bond donors (Lipinski definition) is 1. The van der Waals surface area contributed by atoms with Gasteiger partial charge in [-0.15, -0.1) is 0 Å². The van der Waals surface area contributed by atoms with E-state index in [1.807, 2.05) is 36.4 Å². The highest BCUT2D eigenvalue weighted by Gasteiger charge is 2.39. The fourth-order valence-electron chi connectivity index (χ4n) is 4.65. The van der Waals surface area contributed by atoms with Gasteiger partial charge in [0.25, 0.3) is 0 Å². The van der Waals surface area contributed by atoms with Crippen molar-refractivity contribution in [3.8, 4) is 5.75 Å². The van der Waals surface area contributed by atoms with Gasteiger partial charge in [-0.1, -0.05) is 107 Å². The van der Waals surface area contributed by atoms with Crippen LogP contribution >= 0.6 is 15.9 Å². The number of anilines is 1. The number of fused-ring (bicyclic) bond motifs is 1. The standard InChI is InChI=1S/C29H27BrN2O/c1-32-20-26(21-33-28-18-17-25(30)19-27(28)32)31-29(22-11-5-2-6-12-22,23-13-7-3-8-14-23)24-15-9-4-10-16-24/h2-19,26,31H,20-21H2,1H3/i21D/t21-,26?/m0/s1. The summed E-state index contributed by atoms with van der Waals surface area (Å²) >= 11 is 3.57. The maximum atomic E-state index is 8.99. The highest BCUT2D eigenvalue weighted by molar-refractivity contribution is 9.10. The van der Waals surface area contributed by atoms with Crippen molar-refractivity contribution in [1.82, 2.24) is 5.32 Å². The van der Waals surface area contributed by atoms with Gasteiger partial charge >= 0.3 is 0 Å². The third-order valence-corrected chi connectivity index (χ3v) is 6.68. The van der Waals surface area contributed by atoms with Crippen LogP contribution in [0.5, 0.6) is 5.75 Å². The predicted molar refractivity (Wildman–Crippen MR) is 139 cm³/mol. The Labute approximate surface area is 205 Å². The van der Waals surface area contributed by atoms with Gasteiger partial charge in [0.2, 0.25) is 0 Å². The first-order valence-electron chi connectivity index (χ1n) is 11.7. The highest BCUT2D eigenvalue weighted by atomic mass is 79.9. The maximum Gasteiger partial charge on any atom is 0.142 e. The third kappa shape index (κ3) is 4.29. The topological polar surface area (TPSA) is 24.5 Å². The van der Waals surface area contributed by atoms with E-state index < -0.39 is 12.1 Å². The molecule has 0 amide bonds. The second-order valence-corrected chi connectivity index (χ2v) is 9.26. The summed E-state index contributed by atoms with van der Waals surface area (Å²) in [6.45, 7) is -0.174. The van der Waals surface area contributed by atoms with Gasteiger partial charge < -0.3 is 9.64 Å². The molecule has 0 spiro atoms. The fourth-order valence-corrected chi connectivity index (χ4v) is 5.00. The van der Waals surface area contributed by atoms with Gasteiger partial charge in [0.05, 0.1) is 18.6 Å². The summed E-state index contributed by atoms with van der Waals surface area (Å²) in [6.07, 6.45) is 0. The monoisotopic (exact) mass is 499 g/mol. The molecular formula is C29H27BrN2O. The van der Waals surface area contributed by atoms with Crippen LogP contribution < -0.4 is 15.0 Å². The molecular weight excluding hydrogens is 472 g/mol. The SMILES string of the molecule is [2H][C@@H]1Oc2ccc(Br)cc2N(C)CC1NC(c1ccccc1)(c1ccccc1)c1ccccc1. The van der Waals surface area contributed by atoms with E-state index >= 15 is 0 Å². The Morgan fingerprint density at radius 1 is 0.848 bits per heavy atom. The zero-order valence-corrected chi connectivity index (χ0v) is 20.1. The molecule has 5 rings (SSSR count). The Hall–Kier alpha value is -3.08. The molecule has 0 radical (unpaired) electrons. The van der Waals surface area contributed by atoms with Crippen molar-refractivity contribution in [2.24, 2.45) is 0 Å². The van der Waals surface area contributed by atoms with Crippen LogP contribution in [0.15, 0.2) is 114 Å². The van der Waals surface area contributed by atoms with E-state index in [0.717, 1.165) is 32.6 Å². The average Bonchev–Trinajstić information content (AvgIpc) is 2.99. The second kappa shape index (κ2) is 9.42. The largest absolute Gasteiger partial charge is 0.490 e. The van der Waals surface area contributed by atoms with Crippen LogP contribution in [0.4, 0.5) is 5.69 Å². The summed E-state index contributed by atoms with van der Waals surface area (Å²) < 4.78 is 16.2. The summed E-state index contributed by atoms with van der Waals surface area (Å²) in [5.74, 6) is 0.722. The van der Waals surface area contributed by atoms with Crippen molar-refractivity contribution in [2.45, 2.75) is 11.6 Å². The van der Waals surface area contributed by atoms with Crippen LogP contribution in [0.3, 0.4) is 0 Å². The Morgan fingerprint density at radius 2 is 1.36 bits per heavy atom. The minimum atomic E-state index is -0.791. The number of rotatable bonds is 5. The first-order chi connectivity index (χ1) is 16.6. The zero-order chi connectivity index (χ0) is 23.5. The molecule has 33 heavy (non-hydrogen) atoms. The number of nitrogens with zero attached hydrogens (tertiary/aromatic N) is 1. The predicted octanol–water partition coefficient (Wildman–Crippen LogP) is 6.23. The van der Waals surface area contributed by atoms with Crippen LogP contribution in [-0.4, -0.2) is 26.2 Å². The van der Waals surface area contributed by atoms with Gasteiger partial charge in [-0.3, -0.25) is 5.32 Å². The lowest BCUT2D eigenvalue weighted by atomic mass is 9.76.